The summed E-state index contributed by atoms with van der Waals surface area (Å²) >= 11 is 1.59. The maximum absolute atomic E-state index is 12.2. The van der Waals surface area contributed by atoms with Gasteiger partial charge < -0.3 is 10.6 Å². The summed E-state index contributed by atoms with van der Waals surface area (Å²) < 4.78 is 0. The highest BCUT2D eigenvalue weighted by Gasteiger charge is 2.19. The molecule has 1 fully saturated rings. The number of benzene rings is 1. The predicted octanol–water partition coefficient (Wildman–Crippen LogP) is 2.21. The number of carbonyl (C=O) groups is 1. The molecule has 0 aliphatic carbocycles. The van der Waals surface area contributed by atoms with Gasteiger partial charge in [-0.3, -0.25) is 4.79 Å². The Morgan fingerprint density at radius 2 is 2.26 bits per heavy atom. The zero-order valence-corrected chi connectivity index (χ0v) is 12.2. The molecule has 104 valence electrons. The van der Waals surface area contributed by atoms with Crippen LogP contribution in [0.2, 0.25) is 0 Å². The van der Waals surface area contributed by atoms with Gasteiger partial charge in [0.25, 0.3) is 0 Å². The fraction of sp³-hybridized carbons (Fsp3) is 0.533. The van der Waals surface area contributed by atoms with Crippen molar-refractivity contribution in [3.05, 3.63) is 35.9 Å². The third kappa shape index (κ3) is 4.25. The van der Waals surface area contributed by atoms with Gasteiger partial charge in [-0.15, -0.1) is 11.8 Å². The lowest BCUT2D eigenvalue weighted by atomic mass is 10.1. The lowest BCUT2D eigenvalue weighted by Crippen LogP contribution is -2.30. The van der Waals surface area contributed by atoms with E-state index < -0.39 is 0 Å². The molecule has 2 N–H and O–H groups in total. The first-order valence-corrected chi connectivity index (χ1v) is 8.16. The van der Waals surface area contributed by atoms with Crippen LogP contribution in [0.25, 0.3) is 0 Å². The average Bonchev–Trinajstić information content (AvgIpc) is 2.94. The van der Waals surface area contributed by atoms with E-state index in [9.17, 15) is 4.79 Å². The molecule has 0 aromatic heterocycles. The van der Waals surface area contributed by atoms with E-state index >= 15 is 0 Å². The van der Waals surface area contributed by atoms with Crippen LogP contribution in [0.15, 0.2) is 30.3 Å². The summed E-state index contributed by atoms with van der Waals surface area (Å²) in [7, 11) is 0. The van der Waals surface area contributed by atoms with Gasteiger partial charge in [0.05, 0.1) is 0 Å². The smallest absolute Gasteiger partial charge is 0.237 e. The van der Waals surface area contributed by atoms with Crippen LogP contribution in [-0.4, -0.2) is 31.8 Å². The highest BCUT2D eigenvalue weighted by Crippen LogP contribution is 2.26. The van der Waals surface area contributed by atoms with Crippen molar-refractivity contribution >= 4 is 17.7 Å². The van der Waals surface area contributed by atoms with Crippen molar-refractivity contribution in [3.8, 4) is 0 Å². The van der Waals surface area contributed by atoms with E-state index in [2.05, 4.69) is 10.6 Å². The van der Waals surface area contributed by atoms with Gasteiger partial charge in [-0.2, -0.15) is 0 Å². The number of rotatable bonds is 6. The minimum absolute atomic E-state index is 0.0945. The third-order valence-electron chi connectivity index (χ3n) is 3.59. The van der Waals surface area contributed by atoms with Gasteiger partial charge in [-0.1, -0.05) is 30.3 Å². The second-order valence-corrected chi connectivity index (χ2v) is 5.91. The summed E-state index contributed by atoms with van der Waals surface area (Å²) in [5.41, 5.74) is 1.08. The molecule has 2 unspecified atom stereocenters. The number of amides is 1. The van der Waals surface area contributed by atoms with Gasteiger partial charge >= 0.3 is 0 Å². The quantitative estimate of drug-likeness (QED) is 0.838. The van der Waals surface area contributed by atoms with E-state index in [0.29, 0.717) is 0 Å². The molecule has 1 aliphatic rings. The molecule has 3 nitrogen and oxygen atoms in total. The molecule has 1 aromatic carbocycles. The van der Waals surface area contributed by atoms with Crippen molar-refractivity contribution in [2.45, 2.75) is 18.1 Å². The molecule has 19 heavy (non-hydrogen) atoms. The molecular formula is C15H22N2OS. The Bertz CT molecular complexity index is 390. The topological polar surface area (TPSA) is 41.1 Å². The monoisotopic (exact) mass is 278 g/mol. The molecule has 4 heteroatoms. The maximum atomic E-state index is 12.2. The van der Waals surface area contributed by atoms with Crippen molar-refractivity contribution in [3.63, 3.8) is 0 Å². The predicted molar refractivity (Wildman–Crippen MR) is 81.3 cm³/mol. The summed E-state index contributed by atoms with van der Waals surface area (Å²) in [6.45, 7) is 3.01. The first-order valence-electron chi connectivity index (χ1n) is 6.87. The van der Waals surface area contributed by atoms with Crippen LogP contribution in [0.3, 0.4) is 0 Å². The molecule has 0 bridgehead atoms. The highest BCUT2D eigenvalue weighted by atomic mass is 32.2. The summed E-state index contributed by atoms with van der Waals surface area (Å²) in [5.74, 6) is 0.856. The van der Waals surface area contributed by atoms with E-state index in [-0.39, 0.29) is 11.2 Å². The van der Waals surface area contributed by atoms with Crippen molar-refractivity contribution in [1.29, 1.82) is 0 Å². The standard InChI is InChI=1S/C15H22N2OS/c1-19-14(13-5-3-2-4-6-13)15(18)17-10-8-12-7-9-16-11-12/h2-6,12,14,16H,7-11H2,1H3,(H,17,18). The lowest BCUT2D eigenvalue weighted by Gasteiger charge is -2.16. The summed E-state index contributed by atoms with van der Waals surface area (Å²) in [6.07, 6.45) is 4.30. The van der Waals surface area contributed by atoms with Crippen LogP contribution < -0.4 is 10.6 Å². The number of thioether (sulfide) groups is 1. The summed E-state index contributed by atoms with van der Waals surface area (Å²) in [6, 6.07) is 9.97. The lowest BCUT2D eigenvalue weighted by molar-refractivity contribution is -0.120. The normalized spacial score (nSPS) is 20.2. The molecule has 0 spiro atoms. The van der Waals surface area contributed by atoms with Crippen molar-refractivity contribution in [1.82, 2.24) is 10.6 Å². The van der Waals surface area contributed by atoms with E-state index in [1.807, 2.05) is 36.6 Å². The van der Waals surface area contributed by atoms with Crippen molar-refractivity contribution in [2.75, 3.05) is 25.9 Å². The average molecular weight is 278 g/mol. The molecule has 1 aliphatic heterocycles. The summed E-state index contributed by atoms with van der Waals surface area (Å²) in [4.78, 5) is 12.2. The van der Waals surface area contributed by atoms with Crippen molar-refractivity contribution < 1.29 is 4.79 Å². The second kappa shape index (κ2) is 7.56. The maximum Gasteiger partial charge on any atom is 0.237 e. The van der Waals surface area contributed by atoms with Crippen LogP contribution in [0.1, 0.15) is 23.7 Å². The van der Waals surface area contributed by atoms with Crippen LogP contribution in [0, 0.1) is 5.92 Å². The first kappa shape index (κ1) is 14.4. The Balaban J connectivity index is 1.80. The zero-order valence-electron chi connectivity index (χ0n) is 11.4. The van der Waals surface area contributed by atoms with Gasteiger partial charge in [0.2, 0.25) is 5.91 Å². The number of nitrogens with one attached hydrogen (secondary N) is 2. The largest absolute Gasteiger partial charge is 0.355 e. The van der Waals surface area contributed by atoms with Gasteiger partial charge in [0, 0.05) is 6.54 Å². The minimum atomic E-state index is -0.0945. The van der Waals surface area contributed by atoms with Crippen LogP contribution in [0.5, 0.6) is 0 Å². The Hall–Kier alpha value is -1.00. The molecule has 2 rings (SSSR count). The van der Waals surface area contributed by atoms with Gasteiger partial charge in [0.1, 0.15) is 5.25 Å². The molecule has 1 saturated heterocycles. The molecular weight excluding hydrogens is 256 g/mol. The van der Waals surface area contributed by atoms with E-state index in [1.54, 1.807) is 11.8 Å². The van der Waals surface area contributed by atoms with Gasteiger partial charge in [0.15, 0.2) is 0 Å². The Morgan fingerprint density at radius 1 is 1.47 bits per heavy atom. The Kier molecular flexibility index (Phi) is 5.73. The van der Waals surface area contributed by atoms with E-state index in [0.717, 1.165) is 37.5 Å². The van der Waals surface area contributed by atoms with E-state index in [1.165, 1.54) is 6.42 Å². The van der Waals surface area contributed by atoms with Crippen LogP contribution in [0.4, 0.5) is 0 Å². The van der Waals surface area contributed by atoms with Crippen LogP contribution >= 0.6 is 11.8 Å². The number of carbonyl (C=O) groups excluding carboxylic acids is 1. The number of hydrogen-bond acceptors (Lipinski definition) is 3. The third-order valence-corrected chi connectivity index (χ3v) is 4.55. The fourth-order valence-electron chi connectivity index (χ4n) is 2.48. The van der Waals surface area contributed by atoms with E-state index in [4.69, 9.17) is 0 Å². The molecule has 0 radical (unpaired) electrons. The SMILES string of the molecule is CSC(C(=O)NCCC1CCNC1)c1ccccc1. The Morgan fingerprint density at radius 3 is 2.89 bits per heavy atom. The van der Waals surface area contributed by atoms with Gasteiger partial charge in [-0.05, 0) is 43.7 Å². The second-order valence-electron chi connectivity index (χ2n) is 4.96. The molecule has 1 amide bonds. The zero-order chi connectivity index (χ0) is 13.5. The molecule has 0 saturated carbocycles. The Labute approximate surface area is 119 Å². The number of hydrogen-bond donors (Lipinski definition) is 2. The fourth-order valence-corrected chi connectivity index (χ4v) is 3.20. The highest BCUT2D eigenvalue weighted by molar-refractivity contribution is 7.99. The van der Waals surface area contributed by atoms with Crippen LogP contribution in [-0.2, 0) is 4.79 Å². The summed E-state index contributed by atoms with van der Waals surface area (Å²) in [5, 5.41) is 6.33. The molecule has 1 heterocycles. The minimum Gasteiger partial charge on any atom is -0.355 e. The molecule has 1 aromatic rings. The van der Waals surface area contributed by atoms with Gasteiger partial charge in [-0.25, -0.2) is 0 Å². The van der Waals surface area contributed by atoms with Crippen molar-refractivity contribution in [2.24, 2.45) is 5.92 Å². The molecule has 2 atom stereocenters. The first-order chi connectivity index (χ1) is 9.31.